The van der Waals surface area contributed by atoms with Gasteiger partial charge in [0.2, 0.25) is 0 Å². The van der Waals surface area contributed by atoms with Gasteiger partial charge in [0.1, 0.15) is 6.04 Å². The van der Waals surface area contributed by atoms with Crippen LogP contribution < -0.4 is 5.32 Å². The SMILES string of the molecule is CCOCCOCCS(=O)(=O)CCSCC(NC)C(=O)O. The number of carboxylic acid groups (broad SMARTS) is 1. The van der Waals surface area contributed by atoms with E-state index in [1.165, 1.54) is 11.8 Å². The van der Waals surface area contributed by atoms with Gasteiger partial charge in [0.25, 0.3) is 0 Å². The molecule has 0 aromatic carbocycles. The van der Waals surface area contributed by atoms with Gasteiger partial charge in [-0.3, -0.25) is 4.79 Å². The van der Waals surface area contributed by atoms with Gasteiger partial charge < -0.3 is 19.9 Å². The summed E-state index contributed by atoms with van der Waals surface area (Å²) < 4.78 is 33.7. The number of likely N-dealkylation sites (N-methyl/N-ethyl adjacent to an activating group) is 1. The lowest BCUT2D eigenvalue weighted by Gasteiger charge is -2.10. The lowest BCUT2D eigenvalue weighted by Crippen LogP contribution is -2.36. The first kappa shape index (κ1) is 20.6. The average molecular weight is 343 g/mol. The van der Waals surface area contributed by atoms with Gasteiger partial charge in [0, 0.05) is 18.1 Å². The molecule has 1 unspecified atom stereocenters. The van der Waals surface area contributed by atoms with Crippen LogP contribution in [0.3, 0.4) is 0 Å². The van der Waals surface area contributed by atoms with Gasteiger partial charge in [-0.25, -0.2) is 8.42 Å². The summed E-state index contributed by atoms with van der Waals surface area (Å²) in [6, 6.07) is -0.653. The second-order valence-corrected chi connectivity index (χ2v) is 7.67. The summed E-state index contributed by atoms with van der Waals surface area (Å²) in [7, 11) is -1.59. The molecule has 2 N–H and O–H groups in total. The summed E-state index contributed by atoms with van der Waals surface area (Å²) in [5, 5.41) is 11.5. The molecule has 1 atom stereocenters. The second-order valence-electron chi connectivity index (χ2n) is 4.22. The van der Waals surface area contributed by atoms with Crippen LogP contribution in [-0.4, -0.2) is 82.0 Å². The van der Waals surface area contributed by atoms with Crippen molar-refractivity contribution in [1.29, 1.82) is 0 Å². The molecule has 0 aliphatic heterocycles. The van der Waals surface area contributed by atoms with Crippen molar-refractivity contribution in [2.75, 3.05) is 56.5 Å². The first-order chi connectivity index (χ1) is 9.93. The zero-order valence-electron chi connectivity index (χ0n) is 12.5. The molecule has 0 aromatic heterocycles. The molecule has 0 heterocycles. The van der Waals surface area contributed by atoms with Crippen LogP contribution in [0.4, 0.5) is 0 Å². The van der Waals surface area contributed by atoms with Crippen molar-refractivity contribution in [3.63, 3.8) is 0 Å². The Kier molecular flexibility index (Phi) is 12.0. The number of aliphatic carboxylic acids is 1. The number of carbonyl (C=O) groups is 1. The van der Waals surface area contributed by atoms with Crippen LogP contribution in [0.25, 0.3) is 0 Å². The van der Waals surface area contributed by atoms with Crippen LogP contribution in [0, 0.1) is 0 Å². The van der Waals surface area contributed by atoms with E-state index in [-0.39, 0.29) is 18.1 Å². The van der Waals surface area contributed by atoms with Crippen LogP contribution >= 0.6 is 11.8 Å². The van der Waals surface area contributed by atoms with Crippen LogP contribution in [-0.2, 0) is 24.1 Å². The standard InChI is InChI=1S/C12H25NO6S2/c1-3-18-4-5-19-6-8-21(16,17)9-7-20-10-11(13-2)12(14)15/h11,13H,3-10H2,1-2H3,(H,14,15). The largest absolute Gasteiger partial charge is 0.480 e. The molecule has 0 aromatic rings. The molecule has 0 aliphatic carbocycles. The van der Waals surface area contributed by atoms with Crippen molar-refractivity contribution in [2.45, 2.75) is 13.0 Å². The number of rotatable bonds is 14. The topological polar surface area (TPSA) is 102 Å². The number of hydrogen-bond acceptors (Lipinski definition) is 7. The Morgan fingerprint density at radius 1 is 1.24 bits per heavy atom. The summed E-state index contributed by atoms with van der Waals surface area (Å²) in [6.45, 7) is 3.51. The van der Waals surface area contributed by atoms with Crippen molar-refractivity contribution < 1.29 is 27.8 Å². The summed E-state index contributed by atoms with van der Waals surface area (Å²) in [5.74, 6) is -0.203. The molecule has 9 heteroatoms. The predicted molar refractivity (Wildman–Crippen MR) is 83.8 cm³/mol. The molecule has 21 heavy (non-hydrogen) atoms. The van der Waals surface area contributed by atoms with Crippen molar-refractivity contribution in [3.05, 3.63) is 0 Å². The van der Waals surface area contributed by atoms with Gasteiger partial charge in [0.05, 0.1) is 31.3 Å². The molecular weight excluding hydrogens is 318 g/mol. The predicted octanol–water partition coefficient (Wildman–Crippen LogP) is -0.140. The third-order valence-electron chi connectivity index (χ3n) is 2.58. The van der Waals surface area contributed by atoms with Crippen LogP contribution in [0.1, 0.15) is 6.92 Å². The molecule has 0 rings (SSSR count). The van der Waals surface area contributed by atoms with E-state index in [2.05, 4.69) is 5.32 Å². The van der Waals surface area contributed by atoms with E-state index in [0.29, 0.717) is 31.3 Å². The third kappa shape index (κ3) is 11.9. The fraction of sp³-hybridized carbons (Fsp3) is 0.917. The first-order valence-electron chi connectivity index (χ1n) is 6.76. The minimum absolute atomic E-state index is 0.0198. The van der Waals surface area contributed by atoms with Crippen molar-refractivity contribution in [1.82, 2.24) is 5.32 Å². The maximum atomic E-state index is 11.7. The number of sulfone groups is 1. The van der Waals surface area contributed by atoms with Gasteiger partial charge in [-0.1, -0.05) is 0 Å². The van der Waals surface area contributed by atoms with E-state index >= 15 is 0 Å². The highest BCUT2D eigenvalue weighted by molar-refractivity contribution is 8.00. The quantitative estimate of drug-likeness (QED) is 0.420. The summed E-state index contributed by atoms with van der Waals surface area (Å²) >= 11 is 1.31. The van der Waals surface area contributed by atoms with E-state index in [1.807, 2.05) is 6.92 Å². The highest BCUT2D eigenvalue weighted by Gasteiger charge is 2.16. The Hall–Kier alpha value is -0.350. The molecule has 7 nitrogen and oxygen atoms in total. The summed E-state index contributed by atoms with van der Waals surface area (Å²) in [4.78, 5) is 10.8. The molecule has 0 fully saturated rings. The number of thioether (sulfide) groups is 1. The Morgan fingerprint density at radius 3 is 2.48 bits per heavy atom. The van der Waals surface area contributed by atoms with E-state index in [0.717, 1.165) is 0 Å². The van der Waals surface area contributed by atoms with Crippen molar-refractivity contribution in [2.24, 2.45) is 0 Å². The normalized spacial score (nSPS) is 13.2. The fourth-order valence-electron chi connectivity index (χ4n) is 1.32. The molecular formula is C12H25NO6S2. The minimum Gasteiger partial charge on any atom is -0.480 e. The average Bonchev–Trinajstić information content (AvgIpc) is 2.42. The van der Waals surface area contributed by atoms with Crippen LogP contribution in [0.2, 0.25) is 0 Å². The monoisotopic (exact) mass is 343 g/mol. The zero-order valence-corrected chi connectivity index (χ0v) is 14.2. The molecule has 0 amide bonds. The van der Waals surface area contributed by atoms with E-state index in [4.69, 9.17) is 14.6 Å². The Bertz CT molecular complexity index is 374. The van der Waals surface area contributed by atoms with Gasteiger partial charge in [-0.05, 0) is 14.0 Å². The molecule has 0 bridgehead atoms. The zero-order chi connectivity index (χ0) is 16.1. The number of hydrogen-bond donors (Lipinski definition) is 2. The fourth-order valence-corrected chi connectivity index (χ4v) is 4.09. The summed E-state index contributed by atoms with van der Waals surface area (Å²) in [5.41, 5.74) is 0. The second kappa shape index (κ2) is 12.2. The van der Waals surface area contributed by atoms with Gasteiger partial charge in [-0.2, -0.15) is 11.8 Å². The summed E-state index contributed by atoms with van der Waals surface area (Å²) in [6.07, 6.45) is 0. The van der Waals surface area contributed by atoms with Crippen molar-refractivity contribution >= 4 is 27.6 Å². The van der Waals surface area contributed by atoms with Crippen molar-refractivity contribution in [3.8, 4) is 0 Å². The Balaban J connectivity index is 3.70. The van der Waals surface area contributed by atoms with Crippen LogP contribution in [0.15, 0.2) is 0 Å². The Morgan fingerprint density at radius 2 is 1.90 bits per heavy atom. The molecule has 0 aliphatic rings. The van der Waals surface area contributed by atoms with Gasteiger partial charge >= 0.3 is 5.97 Å². The van der Waals surface area contributed by atoms with E-state index in [1.54, 1.807) is 7.05 Å². The maximum absolute atomic E-state index is 11.7. The lowest BCUT2D eigenvalue weighted by atomic mass is 10.3. The highest BCUT2D eigenvalue weighted by Crippen LogP contribution is 2.05. The molecule has 0 saturated heterocycles. The maximum Gasteiger partial charge on any atom is 0.321 e. The lowest BCUT2D eigenvalue weighted by molar-refractivity contribution is -0.138. The smallest absolute Gasteiger partial charge is 0.321 e. The minimum atomic E-state index is -3.15. The first-order valence-corrected chi connectivity index (χ1v) is 9.74. The van der Waals surface area contributed by atoms with Crippen LogP contribution in [0.5, 0.6) is 0 Å². The van der Waals surface area contributed by atoms with E-state index < -0.39 is 21.8 Å². The highest BCUT2D eigenvalue weighted by atomic mass is 32.2. The van der Waals surface area contributed by atoms with Gasteiger partial charge in [-0.15, -0.1) is 0 Å². The number of carboxylic acids is 1. The molecule has 0 saturated carbocycles. The van der Waals surface area contributed by atoms with E-state index in [9.17, 15) is 13.2 Å². The van der Waals surface area contributed by atoms with Gasteiger partial charge in [0.15, 0.2) is 9.84 Å². The Labute approximate surface area is 130 Å². The third-order valence-corrected chi connectivity index (χ3v) is 5.52. The number of nitrogens with one attached hydrogen (secondary N) is 1. The molecule has 0 radical (unpaired) electrons. The molecule has 0 spiro atoms. The number of ether oxygens (including phenoxy) is 2. The molecule has 126 valence electrons.